The molecule has 0 heterocycles. The molecule has 0 aliphatic carbocycles. The molecule has 2 aromatic rings. The van der Waals surface area contributed by atoms with Gasteiger partial charge in [-0.1, -0.05) is 29.8 Å². The van der Waals surface area contributed by atoms with Crippen molar-refractivity contribution in [3.63, 3.8) is 0 Å². The van der Waals surface area contributed by atoms with Gasteiger partial charge in [0, 0.05) is 14.2 Å². The summed E-state index contributed by atoms with van der Waals surface area (Å²) in [4.78, 5) is 12.1. The third kappa shape index (κ3) is 3.03. The lowest BCUT2D eigenvalue weighted by atomic mass is 10.1. The van der Waals surface area contributed by atoms with E-state index in [2.05, 4.69) is 27.9 Å². The van der Waals surface area contributed by atoms with Crippen molar-refractivity contribution >= 4 is 45.8 Å². The number of hydrogen-bond donors (Lipinski definition) is 1. The van der Waals surface area contributed by atoms with E-state index in [1.165, 1.54) is 0 Å². The maximum atomic E-state index is 12.1. The molecule has 2 nitrogen and oxygen atoms in total. The highest BCUT2D eigenvalue weighted by molar-refractivity contribution is 14.1. The third-order valence-corrected chi connectivity index (χ3v) is 3.70. The predicted octanol–water partition coefficient (Wildman–Crippen LogP) is 4.51. The van der Waals surface area contributed by atoms with Crippen LogP contribution in [0.2, 0.25) is 5.02 Å². The first-order valence-corrected chi connectivity index (χ1v) is 6.85. The fraction of sp³-hybridized carbons (Fsp3) is 0.0714. The molecule has 0 aliphatic heterocycles. The number of rotatable bonds is 2. The summed E-state index contributed by atoms with van der Waals surface area (Å²) in [6.45, 7) is 1.92. The van der Waals surface area contributed by atoms with Crippen molar-refractivity contribution in [1.29, 1.82) is 0 Å². The first kappa shape index (κ1) is 13.4. The van der Waals surface area contributed by atoms with Crippen LogP contribution in [0.15, 0.2) is 42.5 Å². The Balaban J connectivity index is 2.24. The van der Waals surface area contributed by atoms with E-state index in [-0.39, 0.29) is 5.91 Å². The zero-order valence-electron chi connectivity index (χ0n) is 9.71. The van der Waals surface area contributed by atoms with Gasteiger partial charge >= 0.3 is 0 Å². The lowest BCUT2D eigenvalue weighted by Gasteiger charge is -2.09. The van der Waals surface area contributed by atoms with Crippen molar-refractivity contribution in [2.45, 2.75) is 6.92 Å². The number of anilines is 1. The number of carbonyl (C=O) groups excluding carboxylic acids is 1. The minimum absolute atomic E-state index is 0.103. The highest BCUT2D eigenvalue weighted by atomic mass is 127. The Bertz CT molecular complexity index is 598. The van der Waals surface area contributed by atoms with E-state index in [1.54, 1.807) is 12.1 Å². The zero-order valence-corrected chi connectivity index (χ0v) is 12.6. The van der Waals surface area contributed by atoms with Crippen LogP contribution in [-0.2, 0) is 0 Å². The lowest BCUT2D eigenvalue weighted by molar-refractivity contribution is 0.102. The largest absolute Gasteiger partial charge is 0.321 e. The van der Waals surface area contributed by atoms with E-state index < -0.39 is 0 Å². The molecular formula is C14H11ClINO. The fourth-order valence-electron chi connectivity index (χ4n) is 1.61. The van der Waals surface area contributed by atoms with Crippen molar-refractivity contribution < 1.29 is 4.79 Å². The molecule has 2 aromatic carbocycles. The van der Waals surface area contributed by atoms with E-state index in [9.17, 15) is 4.79 Å². The van der Waals surface area contributed by atoms with Crippen LogP contribution in [0.1, 0.15) is 15.9 Å². The van der Waals surface area contributed by atoms with Gasteiger partial charge < -0.3 is 5.32 Å². The van der Waals surface area contributed by atoms with Crippen molar-refractivity contribution in [3.05, 3.63) is 62.2 Å². The molecule has 2 rings (SSSR count). The van der Waals surface area contributed by atoms with Gasteiger partial charge in [-0.05, 0) is 59.3 Å². The molecule has 0 atom stereocenters. The second-order valence-corrected chi connectivity index (χ2v) is 5.49. The number of amides is 1. The molecule has 4 heteroatoms. The Hall–Kier alpha value is -1.07. The second kappa shape index (κ2) is 5.71. The Morgan fingerprint density at radius 1 is 1.22 bits per heavy atom. The van der Waals surface area contributed by atoms with Gasteiger partial charge in [-0.3, -0.25) is 4.79 Å². The molecular weight excluding hydrogens is 361 g/mol. The molecule has 0 fully saturated rings. The molecule has 0 radical (unpaired) electrons. The molecule has 0 aliphatic rings. The molecule has 0 saturated carbocycles. The van der Waals surface area contributed by atoms with E-state index in [0.717, 1.165) is 14.8 Å². The first-order chi connectivity index (χ1) is 8.58. The smallest absolute Gasteiger partial charge is 0.255 e. The Morgan fingerprint density at radius 3 is 2.61 bits per heavy atom. The van der Waals surface area contributed by atoms with Gasteiger partial charge in [-0.25, -0.2) is 0 Å². The summed E-state index contributed by atoms with van der Waals surface area (Å²) in [5, 5.41) is 3.55. The monoisotopic (exact) mass is 371 g/mol. The summed E-state index contributed by atoms with van der Waals surface area (Å²) in [6.07, 6.45) is 0. The van der Waals surface area contributed by atoms with Crippen LogP contribution in [-0.4, -0.2) is 5.91 Å². The summed E-state index contributed by atoms with van der Waals surface area (Å²) in [6, 6.07) is 12.9. The molecule has 1 amide bonds. The van der Waals surface area contributed by atoms with E-state index in [1.807, 2.05) is 37.3 Å². The maximum absolute atomic E-state index is 12.1. The second-order valence-electron chi connectivity index (χ2n) is 3.89. The van der Waals surface area contributed by atoms with Crippen LogP contribution in [0, 0.1) is 10.5 Å². The topological polar surface area (TPSA) is 29.1 Å². The minimum atomic E-state index is -0.103. The molecule has 1 N–H and O–H groups in total. The number of benzene rings is 2. The van der Waals surface area contributed by atoms with Crippen LogP contribution in [0.25, 0.3) is 0 Å². The number of aryl methyl sites for hydroxylation is 1. The van der Waals surface area contributed by atoms with Crippen LogP contribution in [0.3, 0.4) is 0 Å². The molecule has 0 aromatic heterocycles. The molecule has 0 unspecified atom stereocenters. The van der Waals surface area contributed by atoms with Gasteiger partial charge in [0.2, 0.25) is 0 Å². The van der Waals surface area contributed by atoms with Crippen molar-refractivity contribution in [3.8, 4) is 0 Å². The lowest BCUT2D eigenvalue weighted by Crippen LogP contribution is -2.14. The molecule has 92 valence electrons. The molecule has 0 saturated heterocycles. The number of carbonyl (C=O) groups is 1. The van der Waals surface area contributed by atoms with Gasteiger partial charge in [-0.15, -0.1) is 0 Å². The standard InChI is InChI=1S/C14H11ClINO/c1-9-4-2-3-5-11(9)14(18)17-13-7-6-10(15)8-12(13)16/h2-8H,1H3,(H,17,18). The van der Waals surface area contributed by atoms with E-state index in [4.69, 9.17) is 11.6 Å². The van der Waals surface area contributed by atoms with Gasteiger partial charge in [0.15, 0.2) is 0 Å². The SMILES string of the molecule is Cc1ccccc1C(=O)Nc1ccc(Cl)cc1I. The molecule has 0 spiro atoms. The van der Waals surface area contributed by atoms with Crippen LogP contribution < -0.4 is 5.32 Å². The third-order valence-electron chi connectivity index (χ3n) is 2.57. The average Bonchev–Trinajstić information content (AvgIpc) is 2.33. The van der Waals surface area contributed by atoms with E-state index in [0.29, 0.717) is 10.6 Å². The van der Waals surface area contributed by atoms with Crippen molar-refractivity contribution in [1.82, 2.24) is 0 Å². The van der Waals surface area contributed by atoms with Crippen LogP contribution in [0.5, 0.6) is 0 Å². The number of nitrogens with one attached hydrogen (secondary N) is 1. The van der Waals surface area contributed by atoms with Crippen LogP contribution >= 0.6 is 34.2 Å². The fourth-order valence-corrected chi connectivity index (χ4v) is 2.61. The Morgan fingerprint density at radius 2 is 1.94 bits per heavy atom. The van der Waals surface area contributed by atoms with Crippen molar-refractivity contribution in [2.75, 3.05) is 5.32 Å². The van der Waals surface area contributed by atoms with Crippen LogP contribution in [0.4, 0.5) is 5.69 Å². The minimum Gasteiger partial charge on any atom is -0.321 e. The summed E-state index contributed by atoms with van der Waals surface area (Å²) < 4.78 is 0.919. The Labute approximate surface area is 124 Å². The number of halogens is 2. The van der Waals surface area contributed by atoms with Gasteiger partial charge in [0.05, 0.1) is 5.69 Å². The summed E-state index contributed by atoms with van der Waals surface area (Å²) in [5.41, 5.74) is 2.41. The summed E-state index contributed by atoms with van der Waals surface area (Å²) in [5.74, 6) is -0.103. The Kier molecular flexibility index (Phi) is 4.24. The quantitative estimate of drug-likeness (QED) is 0.774. The highest BCUT2D eigenvalue weighted by Gasteiger charge is 2.10. The summed E-state index contributed by atoms with van der Waals surface area (Å²) in [7, 11) is 0. The first-order valence-electron chi connectivity index (χ1n) is 5.40. The van der Waals surface area contributed by atoms with Gasteiger partial charge in [0.25, 0.3) is 5.91 Å². The van der Waals surface area contributed by atoms with Gasteiger partial charge in [-0.2, -0.15) is 0 Å². The highest BCUT2D eigenvalue weighted by Crippen LogP contribution is 2.23. The zero-order chi connectivity index (χ0) is 13.1. The summed E-state index contributed by atoms with van der Waals surface area (Å²) >= 11 is 8.03. The maximum Gasteiger partial charge on any atom is 0.255 e. The van der Waals surface area contributed by atoms with Gasteiger partial charge in [0.1, 0.15) is 0 Å². The average molecular weight is 372 g/mol. The van der Waals surface area contributed by atoms with Crippen molar-refractivity contribution in [2.24, 2.45) is 0 Å². The normalized spacial score (nSPS) is 10.2. The molecule has 18 heavy (non-hydrogen) atoms. The number of hydrogen-bond acceptors (Lipinski definition) is 1. The molecule has 0 bridgehead atoms. The predicted molar refractivity (Wildman–Crippen MR) is 83.3 cm³/mol. The van der Waals surface area contributed by atoms with E-state index >= 15 is 0 Å².